The Morgan fingerprint density at radius 1 is 1.47 bits per heavy atom. The Morgan fingerprint density at radius 3 is 2.53 bits per heavy atom. The molecule has 1 aliphatic rings. The molecule has 1 aliphatic heterocycles. The van der Waals surface area contributed by atoms with Gasteiger partial charge in [-0.2, -0.15) is 0 Å². The van der Waals surface area contributed by atoms with Gasteiger partial charge in [-0.3, -0.25) is 4.18 Å². The molecular weight excluding hydrogens is 214 g/mol. The van der Waals surface area contributed by atoms with Gasteiger partial charge in [-0.25, -0.2) is 9.10 Å². The lowest BCUT2D eigenvalue weighted by Crippen LogP contribution is -2.41. The summed E-state index contributed by atoms with van der Waals surface area (Å²) in [7, 11) is 0. The van der Waals surface area contributed by atoms with Crippen molar-refractivity contribution in [2.45, 2.75) is 46.3 Å². The van der Waals surface area contributed by atoms with Crippen LogP contribution in [-0.4, -0.2) is 28.6 Å². The Bertz CT molecular complexity index is 239. The summed E-state index contributed by atoms with van der Waals surface area (Å²) < 4.78 is 12.2. The Labute approximate surface area is 95.6 Å². The molecule has 15 heavy (non-hydrogen) atoms. The van der Waals surface area contributed by atoms with Gasteiger partial charge >= 0.3 is 6.09 Å². The summed E-state index contributed by atoms with van der Waals surface area (Å²) in [6.07, 6.45) is -0.153. The van der Waals surface area contributed by atoms with E-state index in [0.717, 1.165) is 12.2 Å². The van der Waals surface area contributed by atoms with E-state index in [1.54, 1.807) is 0 Å². The highest BCUT2D eigenvalue weighted by molar-refractivity contribution is 7.92. The molecule has 0 aromatic carbocycles. The number of carbonyl (C=O) groups is 1. The number of rotatable bonds is 0. The average molecular weight is 233 g/mol. The van der Waals surface area contributed by atoms with Crippen molar-refractivity contribution in [2.75, 3.05) is 6.54 Å². The van der Waals surface area contributed by atoms with Crippen molar-refractivity contribution in [3.63, 3.8) is 0 Å². The van der Waals surface area contributed by atoms with Gasteiger partial charge in [0.15, 0.2) is 0 Å². The summed E-state index contributed by atoms with van der Waals surface area (Å²) in [6, 6.07) is 0. The molecule has 1 fully saturated rings. The van der Waals surface area contributed by atoms with Crippen molar-refractivity contribution in [3.8, 4) is 0 Å². The first-order valence-corrected chi connectivity index (χ1v) is 5.83. The minimum atomic E-state index is -0.454. The van der Waals surface area contributed by atoms with E-state index in [2.05, 4.69) is 6.92 Å². The molecule has 0 aromatic rings. The Kier molecular flexibility index (Phi) is 3.89. The first kappa shape index (κ1) is 12.6. The van der Waals surface area contributed by atoms with E-state index in [0.29, 0.717) is 12.5 Å². The monoisotopic (exact) mass is 233 g/mol. The summed E-state index contributed by atoms with van der Waals surface area (Å²) in [5.74, 6) is 0.332. The second-order valence-electron chi connectivity index (χ2n) is 4.89. The zero-order valence-electron chi connectivity index (χ0n) is 9.94. The largest absolute Gasteiger partial charge is 0.443 e. The third-order valence-electron chi connectivity index (χ3n) is 2.14. The molecule has 1 saturated heterocycles. The molecule has 0 aliphatic carbocycles. The molecule has 0 unspecified atom stereocenters. The fraction of sp³-hybridized carbons (Fsp3) is 0.900. The third kappa shape index (κ3) is 3.91. The standard InChI is InChI=1S/C10H19NO3S/c1-7-6-11(15-14-8(7)2)9(12)13-10(3,4)5/h7-8H,6H2,1-5H3/t7-,8-/m1/s1. The summed E-state index contributed by atoms with van der Waals surface area (Å²) >= 11 is 1.08. The lowest BCUT2D eigenvalue weighted by molar-refractivity contribution is 0.0296. The second kappa shape index (κ2) is 4.61. The molecule has 0 radical (unpaired) electrons. The fourth-order valence-electron chi connectivity index (χ4n) is 1.07. The number of amides is 1. The van der Waals surface area contributed by atoms with E-state index in [1.807, 2.05) is 27.7 Å². The van der Waals surface area contributed by atoms with E-state index in [-0.39, 0.29) is 12.2 Å². The van der Waals surface area contributed by atoms with Crippen LogP contribution in [0.25, 0.3) is 0 Å². The number of nitrogens with zero attached hydrogens (tertiary/aromatic N) is 1. The summed E-state index contributed by atoms with van der Waals surface area (Å²) in [4.78, 5) is 11.7. The van der Waals surface area contributed by atoms with Gasteiger partial charge in [-0.15, -0.1) is 0 Å². The molecule has 1 rings (SSSR count). The van der Waals surface area contributed by atoms with Gasteiger partial charge in [-0.05, 0) is 27.7 Å². The van der Waals surface area contributed by atoms with Crippen LogP contribution >= 0.6 is 12.2 Å². The molecule has 1 heterocycles. The lowest BCUT2D eigenvalue weighted by atomic mass is 10.1. The zero-order valence-corrected chi connectivity index (χ0v) is 10.8. The highest BCUT2D eigenvalue weighted by Crippen LogP contribution is 2.28. The SMILES string of the molecule is C[C@@H]1CN(C(=O)OC(C)(C)C)SO[C@@H]1C. The predicted molar refractivity (Wildman–Crippen MR) is 60.2 cm³/mol. The number of ether oxygens (including phenoxy) is 1. The van der Waals surface area contributed by atoms with Gasteiger partial charge in [0, 0.05) is 12.5 Å². The zero-order chi connectivity index (χ0) is 11.6. The normalized spacial score (nSPS) is 27.7. The number of hydrogen-bond acceptors (Lipinski definition) is 4. The molecule has 0 saturated carbocycles. The molecule has 0 spiro atoms. The molecule has 1 amide bonds. The van der Waals surface area contributed by atoms with Crippen LogP contribution in [0.4, 0.5) is 4.79 Å². The summed E-state index contributed by atoms with van der Waals surface area (Å²) in [5, 5.41) is 0. The second-order valence-corrected chi connectivity index (χ2v) is 5.68. The lowest BCUT2D eigenvalue weighted by Gasteiger charge is -2.34. The third-order valence-corrected chi connectivity index (χ3v) is 3.00. The number of hydrogen-bond donors (Lipinski definition) is 0. The number of carbonyl (C=O) groups excluding carboxylic acids is 1. The Balaban J connectivity index is 2.48. The van der Waals surface area contributed by atoms with E-state index in [4.69, 9.17) is 8.92 Å². The maximum Gasteiger partial charge on any atom is 0.422 e. The van der Waals surface area contributed by atoms with Crippen molar-refractivity contribution < 1.29 is 13.7 Å². The van der Waals surface area contributed by atoms with Gasteiger partial charge in [0.05, 0.1) is 6.10 Å². The smallest absolute Gasteiger partial charge is 0.422 e. The molecule has 0 N–H and O–H groups in total. The topological polar surface area (TPSA) is 38.8 Å². The van der Waals surface area contributed by atoms with E-state index in [9.17, 15) is 4.79 Å². The van der Waals surface area contributed by atoms with Gasteiger partial charge < -0.3 is 4.74 Å². The average Bonchev–Trinajstić information content (AvgIpc) is 2.06. The highest BCUT2D eigenvalue weighted by atomic mass is 32.2. The van der Waals surface area contributed by atoms with Crippen LogP contribution in [0.15, 0.2) is 0 Å². The van der Waals surface area contributed by atoms with Crippen LogP contribution in [0, 0.1) is 5.92 Å². The van der Waals surface area contributed by atoms with E-state index in [1.165, 1.54) is 4.31 Å². The van der Waals surface area contributed by atoms with Gasteiger partial charge in [0.1, 0.15) is 17.8 Å². The Morgan fingerprint density at radius 2 is 2.07 bits per heavy atom. The Hall–Kier alpha value is -0.420. The minimum absolute atomic E-state index is 0.175. The van der Waals surface area contributed by atoms with Crippen LogP contribution in [0.5, 0.6) is 0 Å². The van der Waals surface area contributed by atoms with Crippen LogP contribution in [0.2, 0.25) is 0 Å². The van der Waals surface area contributed by atoms with Crippen molar-refractivity contribution >= 4 is 18.3 Å². The van der Waals surface area contributed by atoms with Gasteiger partial charge in [0.25, 0.3) is 0 Å². The molecule has 0 aromatic heterocycles. The summed E-state index contributed by atoms with van der Waals surface area (Å²) in [6.45, 7) is 10.3. The summed E-state index contributed by atoms with van der Waals surface area (Å²) in [5.41, 5.74) is -0.454. The van der Waals surface area contributed by atoms with Crippen LogP contribution in [-0.2, 0) is 8.92 Å². The van der Waals surface area contributed by atoms with Crippen LogP contribution in [0.3, 0.4) is 0 Å². The molecular formula is C10H19NO3S. The molecule has 88 valence electrons. The van der Waals surface area contributed by atoms with Gasteiger partial charge in [-0.1, -0.05) is 6.92 Å². The highest BCUT2D eigenvalue weighted by Gasteiger charge is 2.31. The quantitative estimate of drug-likeness (QED) is 0.476. The minimum Gasteiger partial charge on any atom is -0.443 e. The molecule has 5 heteroatoms. The van der Waals surface area contributed by atoms with Crippen molar-refractivity contribution in [1.29, 1.82) is 0 Å². The first-order chi connectivity index (χ1) is 6.79. The van der Waals surface area contributed by atoms with Crippen LogP contribution < -0.4 is 0 Å². The molecule has 0 bridgehead atoms. The first-order valence-electron chi connectivity index (χ1n) is 5.13. The van der Waals surface area contributed by atoms with E-state index < -0.39 is 5.60 Å². The van der Waals surface area contributed by atoms with E-state index >= 15 is 0 Å². The van der Waals surface area contributed by atoms with Crippen molar-refractivity contribution in [1.82, 2.24) is 4.31 Å². The van der Waals surface area contributed by atoms with Crippen molar-refractivity contribution in [3.05, 3.63) is 0 Å². The molecule has 2 atom stereocenters. The van der Waals surface area contributed by atoms with Crippen LogP contribution in [0.1, 0.15) is 34.6 Å². The molecule has 4 nitrogen and oxygen atoms in total. The maximum atomic E-state index is 11.7. The maximum absolute atomic E-state index is 11.7. The van der Waals surface area contributed by atoms with Gasteiger partial charge in [0.2, 0.25) is 0 Å². The fourth-order valence-corrected chi connectivity index (χ4v) is 1.90. The van der Waals surface area contributed by atoms with Crippen molar-refractivity contribution in [2.24, 2.45) is 5.92 Å². The predicted octanol–water partition coefficient (Wildman–Crippen LogP) is 2.84.